The Morgan fingerprint density at radius 3 is 2.34 bits per heavy atom. The highest BCUT2D eigenvalue weighted by Gasteiger charge is 2.28. The molecular weight excluding hydrogens is 448 g/mol. The van der Waals surface area contributed by atoms with Crippen LogP contribution in [0, 0.1) is 21.4 Å². The summed E-state index contributed by atoms with van der Waals surface area (Å²) in [4.78, 5) is 35.9. The maximum Gasteiger partial charge on any atom is 0.311 e. The van der Waals surface area contributed by atoms with Crippen molar-refractivity contribution in [1.29, 1.82) is 5.41 Å². The van der Waals surface area contributed by atoms with Crippen molar-refractivity contribution < 1.29 is 19.2 Å². The van der Waals surface area contributed by atoms with Crippen molar-refractivity contribution in [2.75, 3.05) is 7.11 Å². The van der Waals surface area contributed by atoms with Crippen LogP contribution in [-0.4, -0.2) is 35.8 Å². The molecule has 180 valence electrons. The number of nitrogens with zero attached hydrogens (tertiary/aromatic N) is 1. The van der Waals surface area contributed by atoms with Crippen LogP contribution in [0.25, 0.3) is 11.1 Å². The van der Waals surface area contributed by atoms with E-state index in [0.717, 1.165) is 11.1 Å². The van der Waals surface area contributed by atoms with Gasteiger partial charge in [-0.3, -0.25) is 25.1 Å². The molecule has 3 aromatic carbocycles. The van der Waals surface area contributed by atoms with E-state index in [-0.39, 0.29) is 17.4 Å². The summed E-state index contributed by atoms with van der Waals surface area (Å²) in [6.07, 6.45) is 0.293. The number of hydrogen-bond donors (Lipinski definition) is 3. The summed E-state index contributed by atoms with van der Waals surface area (Å²) in [6, 6.07) is 19.4. The Bertz CT molecular complexity index is 1260. The van der Waals surface area contributed by atoms with Gasteiger partial charge in [-0.15, -0.1) is 0 Å². The molecule has 1 amide bonds. The maximum absolute atomic E-state index is 12.9. The second kappa shape index (κ2) is 11.1. The molecule has 0 saturated heterocycles. The average Bonchev–Trinajstić information content (AvgIpc) is 2.87. The SMILES string of the molecule is COC(=O)[C@H](Cc1cccc(C(=N)N)c1)[C@@H](C)NC(=O)c1ccc(-c2cccc([N+](=O)[O-])c2)cc1. The average molecular weight is 475 g/mol. The maximum atomic E-state index is 12.9. The molecule has 4 N–H and O–H groups in total. The predicted octanol–water partition coefficient (Wildman–Crippen LogP) is 3.70. The van der Waals surface area contributed by atoms with E-state index in [4.69, 9.17) is 15.9 Å². The van der Waals surface area contributed by atoms with E-state index in [0.29, 0.717) is 23.1 Å². The Labute approximate surface area is 202 Å². The summed E-state index contributed by atoms with van der Waals surface area (Å²) >= 11 is 0. The highest BCUT2D eigenvalue weighted by atomic mass is 16.6. The number of methoxy groups -OCH3 is 1. The molecular formula is C26H26N4O5. The number of nitrogens with two attached hydrogens (primary N) is 1. The number of nitrogens with one attached hydrogen (secondary N) is 2. The Balaban J connectivity index is 1.74. The highest BCUT2D eigenvalue weighted by molar-refractivity contribution is 5.95. The number of nitro benzene ring substituents is 1. The number of carbonyl (C=O) groups is 2. The second-order valence-corrected chi connectivity index (χ2v) is 8.09. The number of nitro groups is 1. The summed E-state index contributed by atoms with van der Waals surface area (Å²) in [5.74, 6) is -1.56. The number of rotatable bonds is 9. The number of non-ortho nitro benzene ring substituents is 1. The summed E-state index contributed by atoms with van der Waals surface area (Å²) < 4.78 is 4.96. The molecule has 9 nitrogen and oxygen atoms in total. The lowest BCUT2D eigenvalue weighted by Crippen LogP contribution is -2.42. The molecule has 2 atom stereocenters. The van der Waals surface area contributed by atoms with Gasteiger partial charge in [0, 0.05) is 29.3 Å². The van der Waals surface area contributed by atoms with Crippen molar-refractivity contribution in [2.24, 2.45) is 11.7 Å². The molecule has 0 bridgehead atoms. The Morgan fingerprint density at radius 2 is 1.71 bits per heavy atom. The second-order valence-electron chi connectivity index (χ2n) is 8.09. The molecule has 0 aromatic heterocycles. The van der Waals surface area contributed by atoms with Crippen LogP contribution in [0.2, 0.25) is 0 Å². The number of hydrogen-bond acceptors (Lipinski definition) is 6. The first-order chi connectivity index (χ1) is 16.7. The fraction of sp³-hybridized carbons (Fsp3) is 0.192. The number of ether oxygens (including phenoxy) is 1. The first kappa shape index (κ1) is 25.1. The van der Waals surface area contributed by atoms with Crippen LogP contribution in [0.1, 0.15) is 28.4 Å². The summed E-state index contributed by atoms with van der Waals surface area (Å²) in [5, 5.41) is 21.5. The van der Waals surface area contributed by atoms with Gasteiger partial charge in [0.15, 0.2) is 0 Å². The summed E-state index contributed by atoms with van der Waals surface area (Å²) in [7, 11) is 1.29. The lowest BCUT2D eigenvalue weighted by Gasteiger charge is -2.23. The Morgan fingerprint density at radius 1 is 1.03 bits per heavy atom. The van der Waals surface area contributed by atoms with Crippen LogP contribution in [0.5, 0.6) is 0 Å². The standard InChI is InChI=1S/C26H26N4O5/c1-16(23(26(32)35-2)14-17-5-3-7-21(13-17)24(27)28)29-25(31)19-11-9-18(10-12-19)20-6-4-8-22(15-20)30(33)34/h3-13,15-16,23H,14H2,1-2H3,(H3,27,28)(H,29,31)/t16-,23-/m1/s1. The third-order valence-corrected chi connectivity index (χ3v) is 5.70. The molecule has 0 aliphatic heterocycles. The van der Waals surface area contributed by atoms with Gasteiger partial charge in [-0.2, -0.15) is 0 Å². The molecule has 0 radical (unpaired) electrons. The first-order valence-electron chi connectivity index (χ1n) is 10.9. The van der Waals surface area contributed by atoms with Crippen LogP contribution in [0.15, 0.2) is 72.8 Å². The predicted molar refractivity (Wildman–Crippen MR) is 132 cm³/mol. The van der Waals surface area contributed by atoms with Gasteiger partial charge in [-0.1, -0.05) is 42.5 Å². The molecule has 9 heteroatoms. The van der Waals surface area contributed by atoms with Crippen molar-refractivity contribution >= 4 is 23.4 Å². The number of esters is 1. The largest absolute Gasteiger partial charge is 0.469 e. The van der Waals surface area contributed by atoms with E-state index >= 15 is 0 Å². The molecule has 0 spiro atoms. The van der Waals surface area contributed by atoms with Crippen LogP contribution in [0.3, 0.4) is 0 Å². The molecule has 0 unspecified atom stereocenters. The molecule has 35 heavy (non-hydrogen) atoms. The van der Waals surface area contributed by atoms with Crippen LogP contribution < -0.4 is 11.1 Å². The quantitative estimate of drug-likeness (QED) is 0.142. The third kappa shape index (κ3) is 6.29. The normalized spacial score (nSPS) is 12.3. The zero-order valence-corrected chi connectivity index (χ0v) is 19.4. The molecule has 0 fully saturated rings. The van der Waals surface area contributed by atoms with Crippen molar-refractivity contribution in [1.82, 2.24) is 5.32 Å². The smallest absolute Gasteiger partial charge is 0.311 e. The molecule has 3 rings (SSSR count). The fourth-order valence-corrected chi connectivity index (χ4v) is 3.74. The van der Waals surface area contributed by atoms with Gasteiger partial charge in [-0.05, 0) is 48.2 Å². The zero-order chi connectivity index (χ0) is 25.5. The monoisotopic (exact) mass is 474 g/mol. The van der Waals surface area contributed by atoms with Crippen molar-refractivity contribution in [2.45, 2.75) is 19.4 Å². The minimum atomic E-state index is -0.657. The Kier molecular flexibility index (Phi) is 7.93. The van der Waals surface area contributed by atoms with E-state index in [2.05, 4.69) is 5.32 Å². The van der Waals surface area contributed by atoms with Crippen molar-refractivity contribution in [3.63, 3.8) is 0 Å². The van der Waals surface area contributed by atoms with E-state index in [1.165, 1.54) is 19.2 Å². The van der Waals surface area contributed by atoms with E-state index in [1.807, 2.05) is 6.07 Å². The number of amides is 1. The van der Waals surface area contributed by atoms with Gasteiger partial charge >= 0.3 is 5.97 Å². The third-order valence-electron chi connectivity index (χ3n) is 5.70. The van der Waals surface area contributed by atoms with Gasteiger partial charge in [0.05, 0.1) is 18.0 Å². The van der Waals surface area contributed by atoms with Crippen LogP contribution in [0.4, 0.5) is 5.69 Å². The minimum absolute atomic E-state index is 0.0131. The van der Waals surface area contributed by atoms with Crippen LogP contribution >= 0.6 is 0 Å². The zero-order valence-electron chi connectivity index (χ0n) is 19.4. The summed E-state index contributed by atoms with van der Waals surface area (Å²) in [5.41, 5.74) is 8.66. The first-order valence-corrected chi connectivity index (χ1v) is 10.9. The molecule has 0 saturated carbocycles. The number of nitrogen functional groups attached to an aromatic ring is 1. The molecule has 0 heterocycles. The number of amidine groups is 1. The van der Waals surface area contributed by atoms with Gasteiger partial charge in [0.1, 0.15) is 5.84 Å². The van der Waals surface area contributed by atoms with Gasteiger partial charge < -0.3 is 15.8 Å². The van der Waals surface area contributed by atoms with Gasteiger partial charge in [-0.25, -0.2) is 0 Å². The lowest BCUT2D eigenvalue weighted by molar-refractivity contribution is -0.384. The molecule has 0 aliphatic rings. The summed E-state index contributed by atoms with van der Waals surface area (Å²) in [6.45, 7) is 1.73. The van der Waals surface area contributed by atoms with Crippen molar-refractivity contribution in [3.8, 4) is 11.1 Å². The van der Waals surface area contributed by atoms with Crippen molar-refractivity contribution in [3.05, 3.63) is 99.6 Å². The highest BCUT2D eigenvalue weighted by Crippen LogP contribution is 2.24. The molecule has 3 aromatic rings. The number of benzene rings is 3. The van der Waals surface area contributed by atoms with Crippen LogP contribution in [-0.2, 0) is 16.0 Å². The van der Waals surface area contributed by atoms with E-state index < -0.39 is 22.9 Å². The lowest BCUT2D eigenvalue weighted by atomic mass is 9.92. The van der Waals surface area contributed by atoms with E-state index in [1.54, 1.807) is 61.5 Å². The van der Waals surface area contributed by atoms with Gasteiger partial charge in [0.2, 0.25) is 0 Å². The fourth-order valence-electron chi connectivity index (χ4n) is 3.74. The molecule has 0 aliphatic carbocycles. The minimum Gasteiger partial charge on any atom is -0.469 e. The topological polar surface area (TPSA) is 148 Å². The van der Waals surface area contributed by atoms with Gasteiger partial charge in [0.25, 0.3) is 11.6 Å². The van der Waals surface area contributed by atoms with E-state index in [9.17, 15) is 19.7 Å². The number of carbonyl (C=O) groups excluding carboxylic acids is 2. The Hall–Kier alpha value is -4.53.